The number of halogens is 1. The van der Waals surface area contributed by atoms with Crippen LogP contribution in [0.15, 0.2) is 78.9 Å². The van der Waals surface area contributed by atoms with Crippen molar-refractivity contribution in [2.75, 3.05) is 39.9 Å². The Morgan fingerprint density at radius 1 is 0.833 bits per heavy atom. The molecule has 2 amide bonds. The van der Waals surface area contributed by atoms with Gasteiger partial charge in [-0.2, -0.15) is 0 Å². The van der Waals surface area contributed by atoms with Gasteiger partial charge in [0.05, 0.1) is 30.7 Å². The molecule has 3 aromatic carbocycles. The molecule has 1 aliphatic heterocycles. The van der Waals surface area contributed by atoms with E-state index in [2.05, 4.69) is 6.92 Å². The van der Waals surface area contributed by atoms with Crippen LogP contribution in [0.4, 0.5) is 4.39 Å². The van der Waals surface area contributed by atoms with Crippen LogP contribution in [0.1, 0.15) is 46.2 Å². The first-order valence-electron chi connectivity index (χ1n) is 14.3. The molecule has 0 aliphatic carbocycles. The van der Waals surface area contributed by atoms with E-state index in [1.807, 2.05) is 49.4 Å². The zero-order chi connectivity index (χ0) is 29.6. The molecule has 5 rings (SSSR count). The molecular weight excluding hydrogens is 533 g/mol. The Balaban J connectivity index is 1.33. The Bertz CT molecular complexity index is 1540. The second kappa shape index (κ2) is 12.9. The molecular formula is C34H36FN3O4. The van der Waals surface area contributed by atoms with Crippen LogP contribution in [-0.4, -0.2) is 66.1 Å². The lowest BCUT2D eigenvalue weighted by Gasteiger charge is -2.35. The molecule has 0 N–H and O–H groups in total. The predicted molar refractivity (Wildman–Crippen MR) is 161 cm³/mol. The van der Waals surface area contributed by atoms with Gasteiger partial charge >= 0.3 is 0 Å². The summed E-state index contributed by atoms with van der Waals surface area (Å²) < 4.78 is 27.8. The molecule has 0 unspecified atom stereocenters. The molecule has 1 aromatic heterocycles. The molecule has 0 saturated carbocycles. The third kappa shape index (κ3) is 6.03. The molecule has 4 aromatic rings. The maximum Gasteiger partial charge on any atom is 0.255 e. The third-order valence-corrected chi connectivity index (χ3v) is 7.68. The van der Waals surface area contributed by atoms with Gasteiger partial charge in [-0.15, -0.1) is 0 Å². The molecule has 2 heterocycles. The summed E-state index contributed by atoms with van der Waals surface area (Å²) in [6.45, 7) is 6.28. The summed E-state index contributed by atoms with van der Waals surface area (Å²) in [5.74, 6) is 0.878. The molecule has 1 aliphatic rings. The first-order chi connectivity index (χ1) is 20.4. The molecule has 0 bridgehead atoms. The fraction of sp³-hybridized carbons (Fsp3) is 0.294. The number of unbranched alkanes of at least 4 members (excludes halogenated alkanes) is 1. The van der Waals surface area contributed by atoms with Crippen molar-refractivity contribution in [3.8, 4) is 28.4 Å². The number of aromatic nitrogens is 1. The number of amides is 2. The molecule has 8 heteroatoms. The van der Waals surface area contributed by atoms with Gasteiger partial charge in [0.15, 0.2) is 0 Å². The Labute approximate surface area is 246 Å². The van der Waals surface area contributed by atoms with Crippen molar-refractivity contribution in [1.82, 2.24) is 14.4 Å². The number of ether oxygens (including phenoxy) is 2. The molecule has 42 heavy (non-hydrogen) atoms. The van der Waals surface area contributed by atoms with Gasteiger partial charge in [-0.1, -0.05) is 25.5 Å². The van der Waals surface area contributed by atoms with Gasteiger partial charge in [0, 0.05) is 37.4 Å². The second-order valence-corrected chi connectivity index (χ2v) is 10.4. The standard InChI is InChI=1S/C34H36FN3O4/c1-4-5-22-42-28-16-12-26(13-17-28)33(39)36-18-20-37(21-19-36)34(40)29-23-32(25-10-14-27(41-3)15-11-25)38(24(29)2)31-9-7-6-8-30(31)35/h6-17,23H,4-5,18-22H2,1-3H3. The number of hydrogen-bond donors (Lipinski definition) is 0. The number of nitrogens with zero attached hydrogens (tertiary/aromatic N) is 3. The highest BCUT2D eigenvalue weighted by Crippen LogP contribution is 2.32. The molecule has 0 spiro atoms. The molecule has 218 valence electrons. The molecule has 0 radical (unpaired) electrons. The minimum atomic E-state index is -0.377. The molecule has 1 saturated heterocycles. The van der Waals surface area contributed by atoms with E-state index < -0.39 is 0 Å². The number of rotatable bonds is 9. The normalized spacial score (nSPS) is 13.2. The minimum Gasteiger partial charge on any atom is -0.497 e. The van der Waals surface area contributed by atoms with Crippen LogP contribution in [0.2, 0.25) is 0 Å². The summed E-state index contributed by atoms with van der Waals surface area (Å²) in [7, 11) is 1.60. The lowest BCUT2D eigenvalue weighted by Crippen LogP contribution is -2.50. The smallest absolute Gasteiger partial charge is 0.255 e. The highest BCUT2D eigenvalue weighted by Gasteiger charge is 2.29. The van der Waals surface area contributed by atoms with Crippen LogP contribution in [0.25, 0.3) is 16.9 Å². The number of methoxy groups -OCH3 is 1. The van der Waals surface area contributed by atoms with Gasteiger partial charge in [0.1, 0.15) is 17.3 Å². The average Bonchev–Trinajstić information content (AvgIpc) is 3.37. The van der Waals surface area contributed by atoms with Gasteiger partial charge in [-0.25, -0.2) is 4.39 Å². The zero-order valence-corrected chi connectivity index (χ0v) is 24.3. The first kappa shape index (κ1) is 28.9. The fourth-order valence-electron chi connectivity index (χ4n) is 5.23. The minimum absolute atomic E-state index is 0.0640. The topological polar surface area (TPSA) is 64.0 Å². The van der Waals surface area contributed by atoms with Crippen LogP contribution < -0.4 is 9.47 Å². The van der Waals surface area contributed by atoms with E-state index in [0.29, 0.717) is 66.7 Å². The van der Waals surface area contributed by atoms with Gasteiger partial charge in [-0.3, -0.25) is 9.59 Å². The molecule has 7 nitrogen and oxygen atoms in total. The van der Waals surface area contributed by atoms with Crippen molar-refractivity contribution in [3.05, 3.63) is 102 Å². The third-order valence-electron chi connectivity index (χ3n) is 7.68. The van der Waals surface area contributed by atoms with Crippen molar-refractivity contribution in [3.63, 3.8) is 0 Å². The first-order valence-corrected chi connectivity index (χ1v) is 14.3. The van der Waals surface area contributed by atoms with Crippen molar-refractivity contribution >= 4 is 11.8 Å². The van der Waals surface area contributed by atoms with E-state index in [-0.39, 0.29) is 17.6 Å². The summed E-state index contributed by atoms with van der Waals surface area (Å²) >= 11 is 0. The van der Waals surface area contributed by atoms with Crippen LogP contribution >= 0.6 is 0 Å². The van der Waals surface area contributed by atoms with Crippen molar-refractivity contribution in [2.24, 2.45) is 0 Å². The lowest BCUT2D eigenvalue weighted by molar-refractivity contribution is 0.0535. The van der Waals surface area contributed by atoms with Crippen LogP contribution in [0, 0.1) is 12.7 Å². The molecule has 0 atom stereocenters. The summed E-state index contributed by atoms with van der Waals surface area (Å²) in [6.07, 6.45) is 2.05. The van der Waals surface area contributed by atoms with Crippen molar-refractivity contribution in [2.45, 2.75) is 26.7 Å². The van der Waals surface area contributed by atoms with Crippen molar-refractivity contribution in [1.29, 1.82) is 0 Å². The Kier molecular flexibility index (Phi) is 8.91. The summed E-state index contributed by atoms with van der Waals surface area (Å²) in [4.78, 5) is 30.5. The number of hydrogen-bond acceptors (Lipinski definition) is 4. The van der Waals surface area contributed by atoms with Crippen molar-refractivity contribution < 1.29 is 23.5 Å². The summed E-state index contributed by atoms with van der Waals surface area (Å²) in [6, 6.07) is 23.1. The van der Waals surface area contributed by atoms with Crippen LogP contribution in [0.3, 0.4) is 0 Å². The summed E-state index contributed by atoms with van der Waals surface area (Å²) in [5, 5.41) is 0. The van der Waals surface area contributed by atoms with E-state index >= 15 is 4.39 Å². The van der Waals surface area contributed by atoms with Gasteiger partial charge < -0.3 is 23.8 Å². The average molecular weight is 570 g/mol. The lowest BCUT2D eigenvalue weighted by atomic mass is 10.1. The van der Waals surface area contributed by atoms with Gasteiger partial charge in [-0.05, 0) is 85.6 Å². The van der Waals surface area contributed by atoms with Gasteiger partial charge in [0.2, 0.25) is 0 Å². The van der Waals surface area contributed by atoms with E-state index in [0.717, 1.165) is 24.2 Å². The zero-order valence-electron chi connectivity index (χ0n) is 24.3. The number of piperazine rings is 1. The predicted octanol–water partition coefficient (Wildman–Crippen LogP) is 6.38. The van der Waals surface area contributed by atoms with Crippen LogP contribution in [-0.2, 0) is 0 Å². The Morgan fingerprint density at radius 2 is 1.45 bits per heavy atom. The SMILES string of the molecule is CCCCOc1ccc(C(=O)N2CCN(C(=O)c3cc(-c4ccc(OC)cc4)n(-c4ccccc4F)c3C)CC2)cc1. The van der Waals surface area contributed by atoms with E-state index in [1.54, 1.807) is 51.8 Å². The fourth-order valence-corrected chi connectivity index (χ4v) is 5.23. The maximum absolute atomic E-state index is 15.0. The highest BCUT2D eigenvalue weighted by atomic mass is 19.1. The second-order valence-electron chi connectivity index (χ2n) is 10.4. The Hall–Kier alpha value is -4.59. The van der Waals surface area contributed by atoms with E-state index in [1.165, 1.54) is 6.07 Å². The highest BCUT2D eigenvalue weighted by molar-refractivity contribution is 5.98. The van der Waals surface area contributed by atoms with Gasteiger partial charge in [0.25, 0.3) is 11.8 Å². The summed E-state index contributed by atoms with van der Waals surface area (Å²) in [5.41, 5.74) is 3.66. The largest absolute Gasteiger partial charge is 0.497 e. The number of carbonyl (C=O) groups is 2. The maximum atomic E-state index is 15.0. The van der Waals surface area contributed by atoms with E-state index in [4.69, 9.17) is 9.47 Å². The number of para-hydroxylation sites is 1. The number of benzene rings is 3. The molecule has 1 fully saturated rings. The van der Waals surface area contributed by atoms with E-state index in [9.17, 15) is 9.59 Å². The quantitative estimate of drug-likeness (QED) is 0.220. The van der Waals surface area contributed by atoms with Crippen LogP contribution in [0.5, 0.6) is 11.5 Å². The number of carbonyl (C=O) groups excluding carboxylic acids is 2. The monoisotopic (exact) mass is 569 g/mol. The Morgan fingerprint density at radius 3 is 2.07 bits per heavy atom.